The van der Waals surface area contributed by atoms with Gasteiger partial charge in [0.25, 0.3) is 0 Å². The van der Waals surface area contributed by atoms with Gasteiger partial charge in [-0.25, -0.2) is 14.8 Å². The van der Waals surface area contributed by atoms with Crippen molar-refractivity contribution in [3.8, 4) is 28.4 Å². The molecule has 36 heavy (non-hydrogen) atoms. The summed E-state index contributed by atoms with van der Waals surface area (Å²) in [5.41, 5.74) is 3.99. The highest BCUT2D eigenvalue weighted by atomic mass is 16.5. The third-order valence-electron chi connectivity index (χ3n) is 6.05. The Balaban J connectivity index is 1.68. The number of nitrogens with one attached hydrogen (secondary N) is 2. The largest absolute Gasteiger partial charge is 0.491 e. The number of anilines is 1. The molecule has 1 fully saturated rings. The second-order valence-electron chi connectivity index (χ2n) is 8.83. The minimum atomic E-state index is -0.620. The average Bonchev–Trinajstić information content (AvgIpc) is 3.18. The predicted octanol–water partition coefficient (Wildman–Crippen LogP) is 2.23. The third kappa shape index (κ3) is 5.42. The van der Waals surface area contributed by atoms with Gasteiger partial charge < -0.3 is 34.6 Å². The first kappa shape index (κ1) is 25.4. The summed E-state index contributed by atoms with van der Waals surface area (Å²) in [5.74, 6) is 2.58. The van der Waals surface area contributed by atoms with Crippen molar-refractivity contribution in [2.75, 3.05) is 45.3 Å². The lowest BCUT2D eigenvalue weighted by atomic mass is 10.0. The number of aliphatic hydroxyl groups is 1. The van der Waals surface area contributed by atoms with E-state index in [1.54, 1.807) is 7.05 Å². The zero-order valence-electron chi connectivity index (χ0n) is 21.2. The minimum absolute atomic E-state index is 0.0291. The molecule has 1 aromatic carbocycles. The number of alkyl carbamates (subject to hydrolysis) is 1. The third-order valence-corrected chi connectivity index (χ3v) is 6.05. The van der Waals surface area contributed by atoms with E-state index in [9.17, 15) is 9.90 Å². The molecule has 3 aromatic rings. The predicted molar refractivity (Wildman–Crippen MR) is 134 cm³/mol. The number of likely N-dealkylation sites (N-methyl/N-ethyl adjacent to an activating group) is 1. The Kier molecular flexibility index (Phi) is 7.70. The quantitative estimate of drug-likeness (QED) is 0.405. The first-order valence-corrected chi connectivity index (χ1v) is 11.8. The molecule has 0 spiro atoms. The summed E-state index contributed by atoms with van der Waals surface area (Å²) in [5, 5.41) is 19.8. The maximum absolute atomic E-state index is 11.6. The topological polar surface area (TPSA) is 135 Å². The molecule has 1 saturated heterocycles. The summed E-state index contributed by atoms with van der Waals surface area (Å²) in [4.78, 5) is 23.5. The average molecular weight is 497 g/mol. The Labute approximate surface area is 209 Å². The molecule has 1 aliphatic rings. The molecule has 1 aliphatic heterocycles. The molecule has 0 saturated carbocycles. The van der Waals surface area contributed by atoms with E-state index in [1.807, 2.05) is 45.0 Å². The summed E-state index contributed by atoms with van der Waals surface area (Å²) in [6.45, 7) is 7.52. The molecule has 3 N–H and O–H groups in total. The van der Waals surface area contributed by atoms with Crippen LogP contribution >= 0.6 is 0 Å². The normalized spacial score (nSPS) is 14.3. The highest BCUT2D eigenvalue weighted by Crippen LogP contribution is 2.36. The zero-order chi connectivity index (χ0) is 25.8. The minimum Gasteiger partial charge on any atom is -0.491 e. The molecular formula is C25H32N6O5. The van der Waals surface area contributed by atoms with Crippen LogP contribution in [-0.4, -0.2) is 78.9 Å². The zero-order valence-corrected chi connectivity index (χ0v) is 21.2. The van der Waals surface area contributed by atoms with Crippen LogP contribution in [0.25, 0.3) is 22.6 Å². The van der Waals surface area contributed by atoms with Gasteiger partial charge in [-0.3, -0.25) is 0 Å². The Hall–Kier alpha value is -3.70. The number of aliphatic hydroxyl groups excluding tert-OH is 1. The fourth-order valence-electron chi connectivity index (χ4n) is 4.19. The second-order valence-corrected chi connectivity index (χ2v) is 8.83. The molecule has 0 bridgehead atoms. The number of hydrogen-bond donors (Lipinski definition) is 3. The number of amides is 1. The molecular weight excluding hydrogens is 464 g/mol. The summed E-state index contributed by atoms with van der Waals surface area (Å²) >= 11 is 0. The van der Waals surface area contributed by atoms with Crippen LogP contribution < -0.4 is 20.3 Å². The lowest BCUT2D eigenvalue weighted by Crippen LogP contribution is -2.60. The van der Waals surface area contributed by atoms with Crippen LogP contribution in [0.4, 0.5) is 10.6 Å². The van der Waals surface area contributed by atoms with Crippen LogP contribution in [0, 0.1) is 20.8 Å². The van der Waals surface area contributed by atoms with E-state index in [0.717, 1.165) is 33.9 Å². The number of carbonyl (C=O) groups excluding carboxylic acids is 1. The highest BCUT2D eigenvalue weighted by Gasteiger charge is 2.32. The van der Waals surface area contributed by atoms with Gasteiger partial charge in [0, 0.05) is 30.8 Å². The van der Waals surface area contributed by atoms with E-state index in [0.29, 0.717) is 37.0 Å². The molecule has 11 heteroatoms. The second kappa shape index (κ2) is 10.9. The molecule has 3 heterocycles. The van der Waals surface area contributed by atoms with Crippen LogP contribution in [0.3, 0.4) is 0 Å². The van der Waals surface area contributed by atoms with Gasteiger partial charge in [-0.15, -0.1) is 0 Å². The van der Waals surface area contributed by atoms with Crippen LogP contribution in [0.2, 0.25) is 0 Å². The van der Waals surface area contributed by atoms with Crippen molar-refractivity contribution in [1.29, 1.82) is 0 Å². The number of aromatic nitrogens is 3. The van der Waals surface area contributed by atoms with E-state index >= 15 is 0 Å². The Bertz CT molecular complexity index is 1200. The molecule has 4 rings (SSSR count). The summed E-state index contributed by atoms with van der Waals surface area (Å²) < 4.78 is 15.9. The lowest BCUT2D eigenvalue weighted by Gasteiger charge is -2.41. The van der Waals surface area contributed by atoms with Crippen molar-refractivity contribution in [3.05, 3.63) is 41.3 Å². The van der Waals surface area contributed by atoms with Gasteiger partial charge >= 0.3 is 6.09 Å². The monoisotopic (exact) mass is 496 g/mol. The Morgan fingerprint density at radius 2 is 2.06 bits per heavy atom. The molecule has 1 amide bonds. The lowest BCUT2D eigenvalue weighted by molar-refractivity contribution is 0.108. The van der Waals surface area contributed by atoms with E-state index in [4.69, 9.17) is 24.0 Å². The number of benzene rings is 1. The maximum atomic E-state index is 11.6. The van der Waals surface area contributed by atoms with Gasteiger partial charge in [-0.05, 0) is 40.0 Å². The summed E-state index contributed by atoms with van der Waals surface area (Å²) in [7, 11) is 3.13. The number of aryl methyl sites for hydroxylation is 2. The molecule has 1 unspecified atom stereocenters. The van der Waals surface area contributed by atoms with Crippen molar-refractivity contribution in [2.24, 2.45) is 0 Å². The van der Waals surface area contributed by atoms with Gasteiger partial charge in [0.2, 0.25) is 0 Å². The summed E-state index contributed by atoms with van der Waals surface area (Å²) in [6.07, 6.45) is -1.07. The number of ether oxygens (including phenoxy) is 2. The highest BCUT2D eigenvalue weighted by molar-refractivity contribution is 5.75. The fraction of sp³-hybridized carbons (Fsp3) is 0.440. The number of rotatable bonds is 9. The van der Waals surface area contributed by atoms with Crippen LogP contribution in [0.15, 0.2) is 28.8 Å². The van der Waals surface area contributed by atoms with Crippen LogP contribution in [0.5, 0.6) is 5.75 Å². The number of carbonyl (C=O) groups is 1. The van der Waals surface area contributed by atoms with Gasteiger partial charge in [-0.1, -0.05) is 17.3 Å². The van der Waals surface area contributed by atoms with Crippen LogP contribution in [-0.2, 0) is 4.74 Å². The smallest absolute Gasteiger partial charge is 0.407 e. The molecule has 192 valence electrons. The number of methoxy groups -OCH3 is 1. The fourth-order valence-corrected chi connectivity index (χ4v) is 4.19. The number of nitrogens with zero attached hydrogens (tertiary/aromatic N) is 4. The van der Waals surface area contributed by atoms with E-state index < -0.39 is 12.2 Å². The van der Waals surface area contributed by atoms with Crippen LogP contribution in [0.1, 0.15) is 17.0 Å². The maximum Gasteiger partial charge on any atom is 0.407 e. The molecule has 11 nitrogen and oxygen atoms in total. The molecule has 1 atom stereocenters. The standard InChI is InChI=1S/C25H32N6O5/c1-14-22(21-15(2)30-36-16(21)3)28-23(29-24(14)31-11-18(12-31)27-25(33)34-5)17-7-6-8-20(9-17)35-13-19(32)10-26-4/h6-9,18-19,26,32H,10-13H2,1-5H3,(H,27,33). The Morgan fingerprint density at radius 1 is 1.28 bits per heavy atom. The van der Waals surface area contributed by atoms with E-state index in [1.165, 1.54) is 7.11 Å². The van der Waals surface area contributed by atoms with Gasteiger partial charge in [0.05, 0.1) is 30.1 Å². The van der Waals surface area contributed by atoms with E-state index in [-0.39, 0.29) is 12.6 Å². The van der Waals surface area contributed by atoms with Gasteiger partial charge in [0.15, 0.2) is 5.82 Å². The van der Waals surface area contributed by atoms with Crippen molar-refractivity contribution >= 4 is 11.9 Å². The summed E-state index contributed by atoms with van der Waals surface area (Å²) in [6, 6.07) is 7.44. The molecule has 0 radical (unpaired) electrons. The molecule has 0 aliphatic carbocycles. The van der Waals surface area contributed by atoms with Crippen molar-refractivity contribution in [2.45, 2.75) is 32.9 Å². The molecule has 2 aromatic heterocycles. The van der Waals surface area contributed by atoms with Crippen molar-refractivity contribution in [1.82, 2.24) is 25.8 Å². The first-order chi connectivity index (χ1) is 17.3. The van der Waals surface area contributed by atoms with Crippen molar-refractivity contribution < 1.29 is 23.9 Å². The first-order valence-electron chi connectivity index (χ1n) is 11.8. The Morgan fingerprint density at radius 3 is 2.72 bits per heavy atom. The van der Waals surface area contributed by atoms with Gasteiger partial charge in [-0.2, -0.15) is 0 Å². The SMILES string of the molecule is CNCC(O)COc1cccc(-c2nc(-c3c(C)noc3C)c(C)c(N3CC(NC(=O)OC)C3)n2)c1. The van der Waals surface area contributed by atoms with Gasteiger partial charge in [0.1, 0.15) is 30.0 Å². The van der Waals surface area contributed by atoms with Crippen molar-refractivity contribution in [3.63, 3.8) is 0 Å². The van der Waals surface area contributed by atoms with E-state index in [2.05, 4.69) is 20.7 Å². The number of hydrogen-bond acceptors (Lipinski definition) is 10.